The van der Waals surface area contributed by atoms with E-state index in [9.17, 15) is 13.2 Å². The fraction of sp³-hybridized carbons (Fsp3) is 0.400. The highest BCUT2D eigenvalue weighted by Crippen LogP contribution is 2.37. The van der Waals surface area contributed by atoms with Gasteiger partial charge in [-0.3, -0.25) is 0 Å². The normalized spacial score (nSPS) is 11.1. The topological polar surface area (TPSA) is 35.2 Å². The molecule has 0 saturated carbocycles. The average molecular weight is 256 g/mol. The number of halogens is 4. The highest BCUT2D eigenvalue weighted by atomic mass is 35.5. The molecule has 2 N–H and O–H groups in total. The lowest BCUT2D eigenvalue weighted by Gasteiger charge is -2.16. The van der Waals surface area contributed by atoms with Crippen molar-refractivity contribution in [2.75, 3.05) is 5.73 Å². The Labute approximate surface area is 98.0 Å². The molecule has 0 aliphatic carbocycles. The molecule has 0 heterocycles. The first-order valence-corrected chi connectivity index (χ1v) is 4.44. The Bertz CT molecular complexity index is 352. The summed E-state index contributed by atoms with van der Waals surface area (Å²) in [5.74, 6) is -0.188. The van der Waals surface area contributed by atoms with Crippen molar-refractivity contribution in [3.63, 3.8) is 0 Å². The third-order valence-electron chi connectivity index (χ3n) is 1.67. The molecular formula is C10H13ClF3NO. The quantitative estimate of drug-likeness (QED) is 0.821. The Morgan fingerprint density at radius 3 is 2.25 bits per heavy atom. The molecule has 0 aliphatic rings. The number of benzene rings is 1. The maximum Gasteiger partial charge on any atom is 0.420 e. The minimum atomic E-state index is -4.44. The number of rotatable bonds is 2. The summed E-state index contributed by atoms with van der Waals surface area (Å²) in [5.41, 5.74) is 4.53. The standard InChI is InChI=1S/C10H12F3NO.ClH/c1-6(2)15-9-4-3-7(14)5-8(9)10(11,12)13;/h3-6H,14H2,1-2H3;1H. The lowest BCUT2D eigenvalue weighted by atomic mass is 10.1. The van der Waals surface area contributed by atoms with E-state index in [1.807, 2.05) is 0 Å². The number of hydrogen-bond donors (Lipinski definition) is 1. The third kappa shape index (κ3) is 3.81. The van der Waals surface area contributed by atoms with E-state index in [1.165, 1.54) is 12.1 Å². The van der Waals surface area contributed by atoms with E-state index in [0.29, 0.717) is 0 Å². The van der Waals surface area contributed by atoms with Gasteiger partial charge < -0.3 is 10.5 Å². The van der Waals surface area contributed by atoms with Crippen LogP contribution in [0.15, 0.2) is 18.2 Å². The van der Waals surface area contributed by atoms with Gasteiger partial charge >= 0.3 is 6.18 Å². The predicted octanol–water partition coefficient (Wildman–Crippen LogP) is 3.50. The molecule has 0 saturated heterocycles. The van der Waals surface area contributed by atoms with Crippen molar-refractivity contribution >= 4 is 18.1 Å². The van der Waals surface area contributed by atoms with E-state index in [2.05, 4.69) is 0 Å². The number of anilines is 1. The number of alkyl halides is 3. The molecule has 0 atom stereocenters. The summed E-state index contributed by atoms with van der Waals surface area (Å²) < 4.78 is 42.7. The highest BCUT2D eigenvalue weighted by Gasteiger charge is 2.34. The number of ether oxygens (including phenoxy) is 1. The van der Waals surface area contributed by atoms with Gasteiger partial charge in [0.2, 0.25) is 0 Å². The maximum atomic E-state index is 12.5. The van der Waals surface area contributed by atoms with Crippen LogP contribution in [0.3, 0.4) is 0 Å². The summed E-state index contributed by atoms with van der Waals surface area (Å²) in [5, 5.41) is 0. The van der Waals surface area contributed by atoms with E-state index in [0.717, 1.165) is 6.07 Å². The van der Waals surface area contributed by atoms with Crippen LogP contribution in [0.2, 0.25) is 0 Å². The Morgan fingerprint density at radius 1 is 1.25 bits per heavy atom. The fourth-order valence-corrected chi connectivity index (χ4v) is 1.13. The summed E-state index contributed by atoms with van der Waals surface area (Å²) in [6.07, 6.45) is -4.76. The van der Waals surface area contributed by atoms with Crippen molar-refractivity contribution in [2.45, 2.75) is 26.1 Å². The van der Waals surface area contributed by atoms with Gasteiger partial charge in [-0.1, -0.05) is 0 Å². The van der Waals surface area contributed by atoms with Crippen LogP contribution < -0.4 is 10.5 Å². The minimum absolute atomic E-state index is 0. The van der Waals surface area contributed by atoms with Crippen molar-refractivity contribution in [1.82, 2.24) is 0 Å². The predicted molar refractivity (Wildman–Crippen MR) is 58.9 cm³/mol. The van der Waals surface area contributed by atoms with Gasteiger partial charge in [0.05, 0.1) is 11.7 Å². The molecule has 92 valence electrons. The maximum absolute atomic E-state index is 12.5. The molecule has 0 aromatic heterocycles. The van der Waals surface area contributed by atoms with Gasteiger partial charge in [0.25, 0.3) is 0 Å². The largest absolute Gasteiger partial charge is 0.490 e. The van der Waals surface area contributed by atoms with Gasteiger partial charge in [0, 0.05) is 5.69 Å². The second-order valence-corrected chi connectivity index (χ2v) is 3.42. The molecule has 0 fully saturated rings. The summed E-state index contributed by atoms with van der Waals surface area (Å²) in [6.45, 7) is 3.33. The van der Waals surface area contributed by atoms with Crippen LogP contribution in [0.25, 0.3) is 0 Å². The van der Waals surface area contributed by atoms with E-state index >= 15 is 0 Å². The summed E-state index contributed by atoms with van der Waals surface area (Å²) >= 11 is 0. The molecule has 0 amide bonds. The SMILES string of the molecule is CC(C)Oc1ccc(N)cc1C(F)(F)F.Cl. The molecule has 1 aromatic carbocycles. The molecule has 1 rings (SSSR count). The molecule has 0 spiro atoms. The summed E-state index contributed by atoms with van der Waals surface area (Å²) in [7, 11) is 0. The Kier molecular flexibility index (Phi) is 4.93. The van der Waals surface area contributed by atoms with Gasteiger partial charge in [-0.15, -0.1) is 12.4 Å². The first kappa shape index (κ1) is 14.9. The van der Waals surface area contributed by atoms with Gasteiger partial charge in [-0.2, -0.15) is 13.2 Å². The second-order valence-electron chi connectivity index (χ2n) is 3.42. The molecule has 16 heavy (non-hydrogen) atoms. The van der Waals surface area contributed by atoms with Gasteiger partial charge in [-0.25, -0.2) is 0 Å². The van der Waals surface area contributed by atoms with Crippen LogP contribution in [0.4, 0.5) is 18.9 Å². The molecule has 1 aromatic rings. The van der Waals surface area contributed by atoms with Crippen LogP contribution in [0.1, 0.15) is 19.4 Å². The van der Waals surface area contributed by atoms with E-state index in [-0.39, 0.29) is 29.9 Å². The van der Waals surface area contributed by atoms with Crippen molar-refractivity contribution in [3.8, 4) is 5.75 Å². The number of hydrogen-bond acceptors (Lipinski definition) is 2. The van der Waals surface area contributed by atoms with Crippen LogP contribution in [0.5, 0.6) is 5.75 Å². The monoisotopic (exact) mass is 255 g/mol. The average Bonchev–Trinajstić information content (AvgIpc) is 2.05. The van der Waals surface area contributed by atoms with Crippen LogP contribution in [0, 0.1) is 0 Å². The zero-order chi connectivity index (χ0) is 11.6. The Balaban J connectivity index is 0.00000225. The van der Waals surface area contributed by atoms with Crippen molar-refractivity contribution in [2.24, 2.45) is 0 Å². The fourth-order valence-electron chi connectivity index (χ4n) is 1.13. The first-order chi connectivity index (χ1) is 6.80. The first-order valence-electron chi connectivity index (χ1n) is 4.44. The molecule has 0 aliphatic heterocycles. The zero-order valence-electron chi connectivity index (χ0n) is 8.84. The van der Waals surface area contributed by atoms with E-state index < -0.39 is 11.7 Å². The Hall–Kier alpha value is -1.10. The molecular weight excluding hydrogens is 243 g/mol. The lowest BCUT2D eigenvalue weighted by Crippen LogP contribution is -2.13. The number of nitrogens with two attached hydrogens (primary N) is 1. The third-order valence-corrected chi connectivity index (χ3v) is 1.67. The molecule has 0 unspecified atom stereocenters. The van der Waals surface area contributed by atoms with Crippen molar-refractivity contribution < 1.29 is 17.9 Å². The zero-order valence-corrected chi connectivity index (χ0v) is 9.65. The Morgan fingerprint density at radius 2 is 1.81 bits per heavy atom. The summed E-state index contributed by atoms with van der Waals surface area (Å²) in [6, 6.07) is 3.49. The van der Waals surface area contributed by atoms with E-state index in [4.69, 9.17) is 10.5 Å². The van der Waals surface area contributed by atoms with E-state index in [1.54, 1.807) is 13.8 Å². The van der Waals surface area contributed by atoms with Crippen molar-refractivity contribution in [3.05, 3.63) is 23.8 Å². The van der Waals surface area contributed by atoms with Crippen molar-refractivity contribution in [1.29, 1.82) is 0 Å². The van der Waals surface area contributed by atoms with Crippen LogP contribution in [-0.2, 0) is 6.18 Å². The van der Waals surface area contributed by atoms with Crippen LogP contribution >= 0.6 is 12.4 Å². The minimum Gasteiger partial charge on any atom is -0.490 e. The molecule has 2 nitrogen and oxygen atoms in total. The van der Waals surface area contributed by atoms with Gasteiger partial charge in [0.15, 0.2) is 0 Å². The molecule has 0 bridgehead atoms. The van der Waals surface area contributed by atoms with Crippen LogP contribution in [-0.4, -0.2) is 6.10 Å². The van der Waals surface area contributed by atoms with Gasteiger partial charge in [-0.05, 0) is 32.0 Å². The smallest absolute Gasteiger partial charge is 0.420 e. The molecule has 0 radical (unpaired) electrons. The second kappa shape index (κ2) is 5.30. The lowest BCUT2D eigenvalue weighted by molar-refractivity contribution is -0.139. The highest BCUT2D eigenvalue weighted by molar-refractivity contribution is 5.85. The van der Waals surface area contributed by atoms with Gasteiger partial charge in [0.1, 0.15) is 5.75 Å². The number of nitrogen functional groups attached to an aromatic ring is 1. The molecule has 6 heteroatoms. The summed E-state index contributed by atoms with van der Waals surface area (Å²) in [4.78, 5) is 0.